The van der Waals surface area contributed by atoms with E-state index in [9.17, 15) is 4.39 Å². The molecular formula is C21H28FN5O. The maximum atomic E-state index is 14.0. The van der Waals surface area contributed by atoms with E-state index in [2.05, 4.69) is 26.7 Å². The molecule has 6 nitrogen and oxygen atoms in total. The Morgan fingerprint density at radius 1 is 1.18 bits per heavy atom. The number of likely N-dealkylation sites (tertiary alicyclic amines) is 1. The van der Waals surface area contributed by atoms with Gasteiger partial charge in [-0.3, -0.25) is 4.90 Å². The summed E-state index contributed by atoms with van der Waals surface area (Å²) in [5.74, 6) is 1.59. The molecule has 2 aliphatic rings. The minimum Gasteiger partial charge on any atom is -0.378 e. The molecule has 0 N–H and O–H groups in total. The number of hydrogen-bond donors (Lipinski definition) is 0. The molecule has 2 aromatic rings. The molecule has 0 saturated carbocycles. The molecule has 28 heavy (non-hydrogen) atoms. The molecule has 2 aliphatic heterocycles. The minimum atomic E-state index is -0.121. The van der Waals surface area contributed by atoms with Crippen molar-refractivity contribution in [3.63, 3.8) is 0 Å². The largest absolute Gasteiger partial charge is 0.378 e. The van der Waals surface area contributed by atoms with Gasteiger partial charge < -0.3 is 14.5 Å². The van der Waals surface area contributed by atoms with Gasteiger partial charge in [-0.05, 0) is 31.5 Å². The van der Waals surface area contributed by atoms with Crippen LogP contribution in [0.25, 0.3) is 0 Å². The highest BCUT2D eigenvalue weighted by Gasteiger charge is 2.25. The Morgan fingerprint density at radius 3 is 2.82 bits per heavy atom. The quantitative estimate of drug-likeness (QED) is 0.788. The number of rotatable bonds is 5. The summed E-state index contributed by atoms with van der Waals surface area (Å²) in [5, 5.41) is 0. The Balaban J connectivity index is 1.42. The number of anilines is 2. The maximum Gasteiger partial charge on any atom is 0.227 e. The highest BCUT2D eigenvalue weighted by molar-refractivity contribution is 5.44. The van der Waals surface area contributed by atoms with Crippen LogP contribution in [0, 0.1) is 5.82 Å². The highest BCUT2D eigenvalue weighted by Crippen LogP contribution is 2.23. The Morgan fingerprint density at radius 2 is 2.00 bits per heavy atom. The lowest BCUT2D eigenvalue weighted by molar-refractivity contribution is 0.122. The van der Waals surface area contributed by atoms with Crippen LogP contribution < -0.4 is 9.80 Å². The SMILES string of the molecule is CN(c1ccnc(N2CCOCC2)n1)C1CCCN(Cc2ccccc2F)C1. The molecule has 1 atom stereocenters. The number of likely N-dealkylation sites (N-methyl/N-ethyl adjacent to an activating group) is 1. The molecule has 7 heteroatoms. The molecule has 0 bridgehead atoms. The van der Waals surface area contributed by atoms with Gasteiger partial charge in [-0.2, -0.15) is 4.98 Å². The zero-order chi connectivity index (χ0) is 19.3. The van der Waals surface area contributed by atoms with Crippen LogP contribution in [0.5, 0.6) is 0 Å². The Bertz CT molecular complexity index is 783. The average molecular weight is 385 g/mol. The number of morpholine rings is 1. The number of ether oxygens (including phenoxy) is 1. The van der Waals surface area contributed by atoms with Crippen LogP contribution in [0.1, 0.15) is 18.4 Å². The van der Waals surface area contributed by atoms with Crippen LogP contribution >= 0.6 is 0 Å². The maximum absolute atomic E-state index is 14.0. The first-order valence-corrected chi connectivity index (χ1v) is 10.0. The van der Waals surface area contributed by atoms with Gasteiger partial charge >= 0.3 is 0 Å². The van der Waals surface area contributed by atoms with Gasteiger partial charge in [-0.15, -0.1) is 0 Å². The summed E-state index contributed by atoms with van der Waals surface area (Å²) < 4.78 is 19.4. The van der Waals surface area contributed by atoms with Crippen LogP contribution in [0.2, 0.25) is 0 Å². The number of halogens is 1. The van der Waals surface area contributed by atoms with Crippen molar-refractivity contribution in [1.29, 1.82) is 0 Å². The summed E-state index contributed by atoms with van der Waals surface area (Å²) in [4.78, 5) is 16.0. The van der Waals surface area contributed by atoms with Gasteiger partial charge in [-0.1, -0.05) is 18.2 Å². The van der Waals surface area contributed by atoms with Crippen LogP contribution in [-0.2, 0) is 11.3 Å². The van der Waals surface area contributed by atoms with Crippen LogP contribution in [-0.4, -0.2) is 67.4 Å². The van der Waals surface area contributed by atoms with Crippen molar-refractivity contribution in [2.24, 2.45) is 0 Å². The Hall–Kier alpha value is -2.25. The van der Waals surface area contributed by atoms with Gasteiger partial charge in [0.05, 0.1) is 13.2 Å². The first-order chi connectivity index (χ1) is 13.7. The topological polar surface area (TPSA) is 44.7 Å². The molecule has 0 aliphatic carbocycles. The van der Waals surface area contributed by atoms with Gasteiger partial charge in [0.15, 0.2) is 0 Å². The van der Waals surface area contributed by atoms with Crippen LogP contribution in [0.3, 0.4) is 0 Å². The molecule has 1 unspecified atom stereocenters. The standard InChI is InChI=1S/C21H28FN5O/c1-25(20-8-9-23-21(24-20)27-11-13-28-14-12-27)18-6-4-10-26(16-18)15-17-5-2-3-7-19(17)22/h2-3,5,7-9,18H,4,6,10-16H2,1H3. The second-order valence-corrected chi connectivity index (χ2v) is 7.55. The van der Waals surface area contributed by atoms with Gasteiger partial charge in [0.2, 0.25) is 5.95 Å². The molecule has 1 aromatic heterocycles. The van der Waals surface area contributed by atoms with Crippen molar-refractivity contribution >= 4 is 11.8 Å². The number of benzene rings is 1. The molecular weight excluding hydrogens is 357 g/mol. The van der Waals surface area contributed by atoms with Crippen molar-refractivity contribution in [2.45, 2.75) is 25.4 Å². The van der Waals surface area contributed by atoms with Gasteiger partial charge in [-0.25, -0.2) is 9.37 Å². The zero-order valence-electron chi connectivity index (χ0n) is 16.4. The molecule has 4 rings (SSSR count). The lowest BCUT2D eigenvalue weighted by atomic mass is 10.0. The molecule has 150 valence electrons. The number of piperidine rings is 1. The number of hydrogen-bond acceptors (Lipinski definition) is 6. The fourth-order valence-corrected chi connectivity index (χ4v) is 4.00. The van der Waals surface area contributed by atoms with Crippen molar-refractivity contribution in [3.05, 3.63) is 47.9 Å². The Kier molecular flexibility index (Phi) is 6.02. The van der Waals surface area contributed by atoms with Gasteiger partial charge in [0, 0.05) is 51.0 Å². The van der Waals surface area contributed by atoms with E-state index in [0.29, 0.717) is 12.6 Å². The fraction of sp³-hybridized carbons (Fsp3) is 0.524. The van der Waals surface area contributed by atoms with Gasteiger partial charge in [0.25, 0.3) is 0 Å². The van der Waals surface area contributed by atoms with Crippen molar-refractivity contribution in [3.8, 4) is 0 Å². The molecule has 0 spiro atoms. The molecule has 0 amide bonds. The lowest BCUT2D eigenvalue weighted by Gasteiger charge is -2.38. The van der Waals surface area contributed by atoms with E-state index in [1.165, 1.54) is 6.07 Å². The van der Waals surface area contributed by atoms with E-state index in [4.69, 9.17) is 9.72 Å². The molecule has 3 heterocycles. The predicted molar refractivity (Wildman–Crippen MR) is 108 cm³/mol. The second-order valence-electron chi connectivity index (χ2n) is 7.55. The molecule has 2 saturated heterocycles. The monoisotopic (exact) mass is 385 g/mol. The summed E-state index contributed by atoms with van der Waals surface area (Å²) in [6.45, 7) is 5.65. The van der Waals surface area contributed by atoms with Crippen LogP contribution in [0.4, 0.5) is 16.2 Å². The number of aromatic nitrogens is 2. The molecule has 1 aromatic carbocycles. The fourth-order valence-electron chi connectivity index (χ4n) is 4.00. The average Bonchev–Trinajstić information content (AvgIpc) is 2.76. The first kappa shape index (κ1) is 19.1. The third-order valence-electron chi connectivity index (χ3n) is 5.66. The van der Waals surface area contributed by atoms with Gasteiger partial charge in [0.1, 0.15) is 11.6 Å². The second kappa shape index (κ2) is 8.84. The summed E-state index contributed by atoms with van der Waals surface area (Å²) in [5.41, 5.74) is 0.766. The van der Waals surface area contributed by atoms with E-state index in [0.717, 1.165) is 69.6 Å². The molecule has 0 radical (unpaired) electrons. The normalized spacial score (nSPS) is 20.9. The number of nitrogens with zero attached hydrogens (tertiary/aromatic N) is 5. The summed E-state index contributed by atoms with van der Waals surface area (Å²) in [7, 11) is 2.10. The highest BCUT2D eigenvalue weighted by atomic mass is 19.1. The van der Waals surface area contributed by atoms with E-state index in [-0.39, 0.29) is 5.82 Å². The van der Waals surface area contributed by atoms with Crippen LogP contribution in [0.15, 0.2) is 36.5 Å². The first-order valence-electron chi connectivity index (χ1n) is 10.0. The summed E-state index contributed by atoms with van der Waals surface area (Å²) in [6, 6.07) is 9.39. The van der Waals surface area contributed by atoms with Crippen molar-refractivity contribution < 1.29 is 9.13 Å². The molecule has 2 fully saturated rings. The zero-order valence-corrected chi connectivity index (χ0v) is 16.4. The lowest BCUT2D eigenvalue weighted by Crippen LogP contribution is -2.46. The van der Waals surface area contributed by atoms with E-state index in [1.807, 2.05) is 24.4 Å². The minimum absolute atomic E-state index is 0.121. The third-order valence-corrected chi connectivity index (χ3v) is 5.66. The smallest absolute Gasteiger partial charge is 0.227 e. The third kappa shape index (κ3) is 4.42. The Labute approximate surface area is 165 Å². The van der Waals surface area contributed by atoms with Crippen molar-refractivity contribution in [1.82, 2.24) is 14.9 Å². The van der Waals surface area contributed by atoms with E-state index in [1.54, 1.807) is 6.07 Å². The summed E-state index contributed by atoms with van der Waals surface area (Å²) >= 11 is 0. The van der Waals surface area contributed by atoms with Crippen molar-refractivity contribution in [2.75, 3.05) is 56.2 Å². The predicted octanol–water partition coefficient (Wildman–Crippen LogP) is 2.55. The van der Waals surface area contributed by atoms with E-state index >= 15 is 0 Å². The van der Waals surface area contributed by atoms with E-state index < -0.39 is 0 Å². The summed E-state index contributed by atoms with van der Waals surface area (Å²) in [6.07, 6.45) is 4.05.